The van der Waals surface area contributed by atoms with E-state index in [1.54, 1.807) is 12.1 Å². The molecule has 0 radical (unpaired) electrons. The Bertz CT molecular complexity index is 461. The van der Waals surface area contributed by atoms with E-state index in [4.69, 9.17) is 4.74 Å². The molecular weight excluding hydrogens is 252 g/mol. The first kappa shape index (κ1) is 13.0. The maximum atomic E-state index is 10.8. The lowest BCUT2D eigenvalue weighted by molar-refractivity contribution is -0.384. The first-order valence-electron chi connectivity index (χ1n) is 5.71. The molecule has 0 heterocycles. The van der Waals surface area contributed by atoms with E-state index in [-0.39, 0.29) is 5.69 Å². The predicted molar refractivity (Wildman–Crippen MR) is 73.6 cm³/mol. The minimum absolute atomic E-state index is 0.0471. The third kappa shape index (κ3) is 2.87. The topological polar surface area (TPSA) is 64.4 Å². The van der Waals surface area contributed by atoms with Crippen LogP contribution in [0.5, 0.6) is 5.75 Å². The van der Waals surface area contributed by atoms with Gasteiger partial charge in [0.1, 0.15) is 5.75 Å². The highest BCUT2D eigenvalue weighted by molar-refractivity contribution is 8.00. The van der Waals surface area contributed by atoms with E-state index in [1.807, 2.05) is 11.8 Å². The van der Waals surface area contributed by atoms with Gasteiger partial charge in [0.25, 0.3) is 5.69 Å². The van der Waals surface area contributed by atoms with Crippen LogP contribution >= 0.6 is 11.8 Å². The molecule has 0 atom stereocenters. The van der Waals surface area contributed by atoms with Crippen LogP contribution in [0.15, 0.2) is 18.2 Å². The summed E-state index contributed by atoms with van der Waals surface area (Å²) in [6, 6.07) is 4.75. The highest BCUT2D eigenvalue weighted by Gasteiger charge is 2.41. The summed E-state index contributed by atoms with van der Waals surface area (Å²) in [5.41, 5.74) is 0.784. The van der Waals surface area contributed by atoms with Crippen LogP contribution in [0, 0.1) is 10.1 Å². The quantitative estimate of drug-likeness (QED) is 0.635. The molecule has 0 saturated heterocycles. The minimum atomic E-state index is -0.408. The molecule has 0 unspecified atom stereocenters. The molecule has 18 heavy (non-hydrogen) atoms. The summed E-state index contributed by atoms with van der Waals surface area (Å²) in [5, 5.41) is 14.1. The third-order valence-electron chi connectivity index (χ3n) is 3.19. The van der Waals surface area contributed by atoms with Crippen molar-refractivity contribution in [1.29, 1.82) is 0 Å². The molecule has 1 aromatic carbocycles. The van der Waals surface area contributed by atoms with E-state index in [1.165, 1.54) is 26.0 Å². The van der Waals surface area contributed by atoms with E-state index < -0.39 is 4.92 Å². The first-order valence-corrected chi connectivity index (χ1v) is 6.93. The van der Waals surface area contributed by atoms with Gasteiger partial charge in [0.2, 0.25) is 0 Å². The standard InChI is InChI=1S/C12H16N2O3S/c1-17-11-6-9(5-10(7-11)14(15)16)13-8-12(18-2)3-4-12/h5-7,13H,3-4,8H2,1-2H3. The number of hydrogen-bond acceptors (Lipinski definition) is 5. The van der Waals surface area contributed by atoms with Crippen molar-refractivity contribution in [3.63, 3.8) is 0 Å². The van der Waals surface area contributed by atoms with E-state index >= 15 is 0 Å². The molecule has 1 aromatic rings. The molecule has 1 fully saturated rings. The number of thioether (sulfide) groups is 1. The normalized spacial score (nSPS) is 16.1. The van der Waals surface area contributed by atoms with Crippen molar-refractivity contribution in [2.75, 3.05) is 25.2 Å². The number of rotatable bonds is 6. The second-order valence-electron chi connectivity index (χ2n) is 4.42. The van der Waals surface area contributed by atoms with Crippen molar-refractivity contribution < 1.29 is 9.66 Å². The van der Waals surface area contributed by atoms with Gasteiger partial charge in [0, 0.05) is 29.1 Å². The van der Waals surface area contributed by atoms with Crippen LogP contribution in [0.25, 0.3) is 0 Å². The van der Waals surface area contributed by atoms with E-state index in [2.05, 4.69) is 11.6 Å². The average molecular weight is 268 g/mol. The summed E-state index contributed by atoms with van der Waals surface area (Å²) < 4.78 is 5.39. The van der Waals surface area contributed by atoms with E-state index in [9.17, 15) is 10.1 Å². The van der Waals surface area contributed by atoms with Crippen molar-refractivity contribution in [3.05, 3.63) is 28.3 Å². The summed E-state index contributed by atoms with van der Waals surface area (Å²) in [7, 11) is 1.51. The Labute approximate surface area is 110 Å². The van der Waals surface area contributed by atoms with Gasteiger partial charge in [-0.2, -0.15) is 11.8 Å². The Hall–Kier alpha value is -1.43. The Morgan fingerprint density at radius 1 is 1.50 bits per heavy atom. The Morgan fingerprint density at radius 3 is 2.72 bits per heavy atom. The number of anilines is 1. The molecule has 0 amide bonds. The summed E-state index contributed by atoms with van der Waals surface area (Å²) >= 11 is 1.85. The smallest absolute Gasteiger partial charge is 0.275 e. The molecule has 0 spiro atoms. The fraction of sp³-hybridized carbons (Fsp3) is 0.500. The summed E-state index contributed by atoms with van der Waals surface area (Å²) in [6.07, 6.45) is 4.50. The maximum absolute atomic E-state index is 10.8. The van der Waals surface area contributed by atoms with Crippen molar-refractivity contribution in [3.8, 4) is 5.75 Å². The van der Waals surface area contributed by atoms with Crippen LogP contribution in [0.3, 0.4) is 0 Å². The Kier molecular flexibility index (Phi) is 3.65. The Morgan fingerprint density at radius 2 is 2.22 bits per heavy atom. The van der Waals surface area contributed by atoms with Gasteiger partial charge < -0.3 is 10.1 Å². The molecule has 0 aliphatic heterocycles. The monoisotopic (exact) mass is 268 g/mol. The highest BCUT2D eigenvalue weighted by atomic mass is 32.2. The van der Waals surface area contributed by atoms with Crippen LogP contribution in [-0.2, 0) is 0 Å². The zero-order valence-electron chi connectivity index (χ0n) is 10.4. The van der Waals surface area contributed by atoms with Gasteiger partial charge in [-0.15, -0.1) is 0 Å². The number of benzene rings is 1. The van der Waals surface area contributed by atoms with E-state index in [0.29, 0.717) is 10.5 Å². The maximum Gasteiger partial charge on any atom is 0.275 e. The first-order chi connectivity index (χ1) is 8.58. The van der Waals surface area contributed by atoms with Gasteiger partial charge in [0.15, 0.2) is 0 Å². The van der Waals surface area contributed by atoms with Crippen molar-refractivity contribution in [2.45, 2.75) is 17.6 Å². The van der Waals surface area contributed by atoms with Gasteiger partial charge >= 0.3 is 0 Å². The van der Waals surface area contributed by atoms with Gasteiger partial charge in [-0.1, -0.05) is 0 Å². The summed E-state index contributed by atoms with van der Waals surface area (Å²) in [5.74, 6) is 0.501. The number of nitrogens with zero attached hydrogens (tertiary/aromatic N) is 1. The van der Waals surface area contributed by atoms with Crippen molar-refractivity contribution in [1.82, 2.24) is 0 Å². The zero-order chi connectivity index (χ0) is 13.2. The number of nitrogens with one attached hydrogen (secondary N) is 1. The summed E-state index contributed by atoms with van der Waals surface area (Å²) in [4.78, 5) is 10.4. The largest absolute Gasteiger partial charge is 0.496 e. The van der Waals surface area contributed by atoms with Crippen LogP contribution < -0.4 is 10.1 Å². The average Bonchev–Trinajstić information content (AvgIpc) is 3.16. The van der Waals surface area contributed by atoms with Crippen LogP contribution in [0.4, 0.5) is 11.4 Å². The molecule has 0 aromatic heterocycles. The molecule has 1 saturated carbocycles. The molecule has 5 nitrogen and oxygen atoms in total. The van der Waals surface area contributed by atoms with Crippen molar-refractivity contribution in [2.24, 2.45) is 0 Å². The summed E-state index contributed by atoms with van der Waals surface area (Å²) in [6.45, 7) is 0.832. The lowest BCUT2D eigenvalue weighted by atomic mass is 10.2. The number of non-ortho nitro benzene ring substituents is 1. The van der Waals surface area contributed by atoms with Gasteiger partial charge in [-0.05, 0) is 19.1 Å². The SMILES string of the molecule is COc1cc(NCC2(SC)CC2)cc([N+](=O)[O-])c1. The van der Waals surface area contributed by atoms with Crippen LogP contribution in [0.2, 0.25) is 0 Å². The highest BCUT2D eigenvalue weighted by Crippen LogP contribution is 2.47. The van der Waals surface area contributed by atoms with E-state index in [0.717, 1.165) is 12.2 Å². The van der Waals surface area contributed by atoms with Crippen molar-refractivity contribution >= 4 is 23.1 Å². The van der Waals surface area contributed by atoms with Crippen LogP contribution in [-0.4, -0.2) is 29.6 Å². The number of nitro groups is 1. The molecule has 1 N–H and O–H groups in total. The molecule has 0 bridgehead atoms. The van der Waals surface area contributed by atoms with Gasteiger partial charge in [-0.3, -0.25) is 10.1 Å². The second kappa shape index (κ2) is 5.06. The fourth-order valence-corrected chi connectivity index (χ4v) is 2.49. The molecule has 98 valence electrons. The minimum Gasteiger partial charge on any atom is -0.496 e. The fourth-order valence-electron chi connectivity index (χ4n) is 1.76. The molecular formula is C12H16N2O3S. The zero-order valence-corrected chi connectivity index (χ0v) is 11.3. The number of nitro benzene ring substituents is 1. The Balaban J connectivity index is 2.11. The third-order valence-corrected chi connectivity index (χ3v) is 4.61. The molecule has 1 aliphatic rings. The molecule has 1 aliphatic carbocycles. The second-order valence-corrected chi connectivity index (χ2v) is 5.69. The molecule has 6 heteroatoms. The number of methoxy groups -OCH3 is 1. The van der Waals surface area contributed by atoms with Gasteiger partial charge in [-0.25, -0.2) is 0 Å². The lowest BCUT2D eigenvalue weighted by Gasteiger charge is -2.14. The number of ether oxygens (including phenoxy) is 1. The predicted octanol–water partition coefficient (Wildman–Crippen LogP) is 2.91. The lowest BCUT2D eigenvalue weighted by Crippen LogP contribution is -2.17. The molecule has 2 rings (SSSR count). The van der Waals surface area contributed by atoms with Crippen LogP contribution in [0.1, 0.15) is 12.8 Å². The van der Waals surface area contributed by atoms with Gasteiger partial charge in [0.05, 0.1) is 18.1 Å². The number of hydrogen-bond donors (Lipinski definition) is 1.